The van der Waals surface area contributed by atoms with E-state index in [1.165, 1.54) is 38.9 Å². The number of hydrogen-bond acceptors (Lipinski definition) is 4. The summed E-state index contributed by atoms with van der Waals surface area (Å²) in [7, 11) is 0. The standard InChI is InChI=1S/C36H47N3O/c1-6-27-12-10-13-28(7-2)36(27)34-22-30(23-38-18-16-31(40)17-19-38)33(26(5)37-34)24-39-20-15-29-11-8-9-14-32(29)35(39)21-25(3)4/h8-14,22,25,35H,6-7,15-21,23-24H2,1-5H3. The summed E-state index contributed by atoms with van der Waals surface area (Å²) in [5, 5.41) is 0. The van der Waals surface area contributed by atoms with Crippen LogP contribution in [-0.2, 0) is 37.1 Å². The monoisotopic (exact) mass is 537 g/mol. The second-order valence-electron chi connectivity index (χ2n) is 12.3. The van der Waals surface area contributed by atoms with Crippen molar-refractivity contribution in [3.63, 3.8) is 0 Å². The SMILES string of the molecule is CCc1cccc(CC)c1-c1cc(CN2CCC(=O)CC2)c(CN2CCc3ccccc3C2CC(C)C)c(C)n1. The van der Waals surface area contributed by atoms with Crippen LogP contribution in [0.5, 0.6) is 0 Å². The number of rotatable bonds is 9. The third kappa shape index (κ3) is 6.24. The van der Waals surface area contributed by atoms with Crippen molar-refractivity contribution in [1.29, 1.82) is 0 Å². The average Bonchev–Trinajstić information content (AvgIpc) is 2.96. The van der Waals surface area contributed by atoms with E-state index in [2.05, 4.69) is 92.9 Å². The minimum atomic E-state index is 0.399. The predicted molar refractivity (Wildman–Crippen MR) is 165 cm³/mol. The molecule has 0 saturated carbocycles. The Morgan fingerprint density at radius 1 is 0.875 bits per heavy atom. The Hall–Kier alpha value is -2.82. The predicted octanol–water partition coefficient (Wildman–Crippen LogP) is 7.49. The maximum atomic E-state index is 12.0. The maximum absolute atomic E-state index is 12.0. The largest absolute Gasteiger partial charge is 0.300 e. The zero-order valence-electron chi connectivity index (χ0n) is 25.3. The molecule has 0 spiro atoms. The number of benzene rings is 2. The fourth-order valence-corrected chi connectivity index (χ4v) is 6.84. The molecule has 0 aliphatic carbocycles. The number of fused-ring (bicyclic) bond motifs is 1. The summed E-state index contributed by atoms with van der Waals surface area (Å²) in [6.45, 7) is 16.0. The van der Waals surface area contributed by atoms with Gasteiger partial charge in [-0.05, 0) is 78.0 Å². The first-order valence-corrected chi connectivity index (χ1v) is 15.5. The Labute approximate surface area is 241 Å². The van der Waals surface area contributed by atoms with Crippen molar-refractivity contribution in [2.24, 2.45) is 5.92 Å². The molecule has 1 unspecified atom stereocenters. The van der Waals surface area contributed by atoms with Crippen molar-refractivity contribution in [3.8, 4) is 11.3 Å². The third-order valence-corrected chi connectivity index (χ3v) is 9.07. The van der Waals surface area contributed by atoms with Crippen LogP contribution in [0.4, 0.5) is 0 Å². The van der Waals surface area contributed by atoms with Crippen LogP contribution < -0.4 is 0 Å². The number of carbonyl (C=O) groups is 1. The fraction of sp³-hybridized carbons (Fsp3) is 0.500. The molecule has 3 heterocycles. The van der Waals surface area contributed by atoms with E-state index in [1.54, 1.807) is 0 Å². The highest BCUT2D eigenvalue weighted by Crippen LogP contribution is 2.37. The average molecular weight is 538 g/mol. The van der Waals surface area contributed by atoms with Crippen LogP contribution in [0.15, 0.2) is 48.5 Å². The van der Waals surface area contributed by atoms with Crippen molar-refractivity contribution in [1.82, 2.24) is 14.8 Å². The van der Waals surface area contributed by atoms with E-state index < -0.39 is 0 Å². The molecule has 1 aromatic heterocycles. The second kappa shape index (κ2) is 12.8. The van der Waals surface area contributed by atoms with Gasteiger partial charge in [0, 0.05) is 62.9 Å². The molecule has 40 heavy (non-hydrogen) atoms. The van der Waals surface area contributed by atoms with Gasteiger partial charge in [0.15, 0.2) is 0 Å². The molecule has 2 aromatic carbocycles. The summed E-state index contributed by atoms with van der Waals surface area (Å²) in [5.41, 5.74) is 12.1. The van der Waals surface area contributed by atoms with Gasteiger partial charge in [-0.1, -0.05) is 70.2 Å². The van der Waals surface area contributed by atoms with Crippen LogP contribution in [0, 0.1) is 12.8 Å². The topological polar surface area (TPSA) is 36.4 Å². The van der Waals surface area contributed by atoms with Gasteiger partial charge >= 0.3 is 0 Å². The number of piperidine rings is 1. The van der Waals surface area contributed by atoms with Gasteiger partial charge in [-0.15, -0.1) is 0 Å². The molecule has 1 atom stereocenters. The molecule has 212 valence electrons. The highest BCUT2D eigenvalue weighted by molar-refractivity contribution is 5.79. The molecular weight excluding hydrogens is 490 g/mol. The van der Waals surface area contributed by atoms with Crippen LogP contribution in [0.2, 0.25) is 0 Å². The van der Waals surface area contributed by atoms with Gasteiger partial charge in [0.25, 0.3) is 0 Å². The number of carbonyl (C=O) groups excluding carboxylic acids is 1. The molecule has 2 aliphatic rings. The quantitative estimate of drug-likeness (QED) is 0.283. The van der Waals surface area contributed by atoms with Gasteiger partial charge in [-0.25, -0.2) is 0 Å². The summed E-state index contributed by atoms with van der Waals surface area (Å²) < 4.78 is 0. The second-order valence-corrected chi connectivity index (χ2v) is 12.3. The number of aryl methyl sites for hydroxylation is 3. The summed E-state index contributed by atoms with van der Waals surface area (Å²) in [4.78, 5) is 22.5. The van der Waals surface area contributed by atoms with Gasteiger partial charge in [0.1, 0.15) is 5.78 Å². The molecule has 4 heteroatoms. The summed E-state index contributed by atoms with van der Waals surface area (Å²) in [5.74, 6) is 1.03. The first-order valence-electron chi connectivity index (χ1n) is 15.5. The molecule has 2 aliphatic heterocycles. The van der Waals surface area contributed by atoms with Gasteiger partial charge in [-0.2, -0.15) is 0 Å². The van der Waals surface area contributed by atoms with Crippen molar-refractivity contribution >= 4 is 5.78 Å². The Kier molecular flexibility index (Phi) is 9.17. The molecule has 1 saturated heterocycles. The van der Waals surface area contributed by atoms with Crippen LogP contribution in [0.3, 0.4) is 0 Å². The lowest BCUT2D eigenvalue weighted by Gasteiger charge is -2.39. The lowest BCUT2D eigenvalue weighted by molar-refractivity contribution is -0.121. The van der Waals surface area contributed by atoms with E-state index in [4.69, 9.17) is 4.98 Å². The zero-order chi connectivity index (χ0) is 28.2. The van der Waals surface area contributed by atoms with Crippen molar-refractivity contribution in [2.75, 3.05) is 19.6 Å². The van der Waals surface area contributed by atoms with Gasteiger partial charge < -0.3 is 0 Å². The smallest absolute Gasteiger partial charge is 0.135 e. The minimum Gasteiger partial charge on any atom is -0.300 e. The lowest BCUT2D eigenvalue weighted by atomic mass is 9.87. The first kappa shape index (κ1) is 28.7. The number of nitrogens with zero attached hydrogens (tertiary/aromatic N) is 3. The number of Topliss-reactive ketones (excluding diaryl/α,β-unsaturated/α-hetero) is 1. The minimum absolute atomic E-state index is 0.399. The van der Waals surface area contributed by atoms with E-state index in [-0.39, 0.29) is 0 Å². The molecule has 5 rings (SSSR count). The molecule has 4 nitrogen and oxygen atoms in total. The van der Waals surface area contributed by atoms with E-state index in [9.17, 15) is 4.79 Å². The first-order chi connectivity index (χ1) is 19.4. The molecule has 0 N–H and O–H groups in total. The highest BCUT2D eigenvalue weighted by Gasteiger charge is 2.29. The van der Waals surface area contributed by atoms with Crippen molar-refractivity contribution < 1.29 is 4.79 Å². The van der Waals surface area contributed by atoms with Gasteiger partial charge in [-0.3, -0.25) is 19.6 Å². The molecule has 0 amide bonds. The van der Waals surface area contributed by atoms with E-state index in [0.29, 0.717) is 30.6 Å². The molecule has 3 aromatic rings. The third-order valence-electron chi connectivity index (χ3n) is 9.07. The summed E-state index contributed by atoms with van der Waals surface area (Å²) in [6.07, 6.45) is 5.60. The van der Waals surface area contributed by atoms with Crippen LogP contribution in [0.1, 0.15) is 92.1 Å². The Morgan fingerprint density at radius 3 is 2.25 bits per heavy atom. The summed E-state index contributed by atoms with van der Waals surface area (Å²) >= 11 is 0. The normalized spacial score (nSPS) is 18.4. The molecular formula is C36H47N3O. The van der Waals surface area contributed by atoms with E-state index >= 15 is 0 Å². The van der Waals surface area contributed by atoms with E-state index in [1.807, 2.05) is 0 Å². The zero-order valence-corrected chi connectivity index (χ0v) is 25.3. The Balaban J connectivity index is 1.56. The molecule has 0 radical (unpaired) electrons. The van der Waals surface area contributed by atoms with Crippen LogP contribution in [0.25, 0.3) is 11.3 Å². The maximum Gasteiger partial charge on any atom is 0.135 e. The molecule has 0 bridgehead atoms. The highest BCUT2D eigenvalue weighted by atomic mass is 16.1. The van der Waals surface area contributed by atoms with Crippen molar-refractivity contribution in [3.05, 3.63) is 87.6 Å². The fourth-order valence-electron chi connectivity index (χ4n) is 6.84. The van der Waals surface area contributed by atoms with Crippen LogP contribution in [-0.4, -0.2) is 40.2 Å². The van der Waals surface area contributed by atoms with E-state index in [0.717, 1.165) is 69.8 Å². The summed E-state index contributed by atoms with van der Waals surface area (Å²) in [6, 6.07) is 18.6. The van der Waals surface area contributed by atoms with Gasteiger partial charge in [0.2, 0.25) is 0 Å². The van der Waals surface area contributed by atoms with Gasteiger partial charge in [0.05, 0.1) is 5.69 Å². The van der Waals surface area contributed by atoms with Crippen LogP contribution >= 0.6 is 0 Å². The Bertz CT molecular complexity index is 1310. The van der Waals surface area contributed by atoms with Crippen molar-refractivity contribution in [2.45, 2.75) is 92.3 Å². The number of likely N-dealkylation sites (tertiary alicyclic amines) is 1. The Morgan fingerprint density at radius 2 is 1.57 bits per heavy atom. The number of ketones is 1. The number of hydrogen-bond donors (Lipinski definition) is 0. The molecule has 1 fully saturated rings. The number of aromatic nitrogens is 1. The lowest BCUT2D eigenvalue weighted by Crippen LogP contribution is -2.37. The number of pyridine rings is 1.